The predicted octanol–water partition coefficient (Wildman–Crippen LogP) is 4.58. The fourth-order valence-electron chi connectivity index (χ4n) is 3.87. The van der Waals surface area contributed by atoms with Crippen molar-refractivity contribution in [2.24, 2.45) is 0 Å². The lowest BCUT2D eigenvalue weighted by atomic mass is 9.93. The SMILES string of the molecule is CN(C)c1cccc(-c2[nH]ncc2N(C(=O)c2cscn2)C2CCCCC2)c1. The zero-order valence-corrected chi connectivity index (χ0v) is 17.1. The molecule has 1 fully saturated rings. The number of anilines is 2. The number of H-pyrrole nitrogens is 1. The van der Waals surface area contributed by atoms with Crippen molar-refractivity contribution in [2.45, 2.75) is 38.1 Å². The molecule has 28 heavy (non-hydrogen) atoms. The Morgan fingerprint density at radius 2 is 2.04 bits per heavy atom. The topological polar surface area (TPSA) is 65.1 Å². The fraction of sp³-hybridized carbons (Fsp3) is 0.381. The molecular formula is C21H25N5OS. The van der Waals surface area contributed by atoms with E-state index in [4.69, 9.17) is 0 Å². The zero-order valence-electron chi connectivity index (χ0n) is 16.3. The largest absolute Gasteiger partial charge is 0.378 e. The van der Waals surface area contributed by atoms with Crippen molar-refractivity contribution < 1.29 is 4.79 Å². The first-order valence-electron chi connectivity index (χ1n) is 9.68. The predicted molar refractivity (Wildman–Crippen MR) is 114 cm³/mol. The van der Waals surface area contributed by atoms with Crippen LogP contribution in [0.2, 0.25) is 0 Å². The van der Waals surface area contributed by atoms with Crippen LogP contribution in [-0.2, 0) is 0 Å². The van der Waals surface area contributed by atoms with Crippen molar-refractivity contribution in [3.8, 4) is 11.3 Å². The van der Waals surface area contributed by atoms with Crippen LogP contribution >= 0.6 is 11.3 Å². The summed E-state index contributed by atoms with van der Waals surface area (Å²) in [5.74, 6) is -0.0421. The van der Waals surface area contributed by atoms with Gasteiger partial charge in [0.25, 0.3) is 5.91 Å². The molecule has 1 aromatic carbocycles. The lowest BCUT2D eigenvalue weighted by molar-refractivity contribution is 0.0966. The van der Waals surface area contributed by atoms with E-state index in [2.05, 4.69) is 38.3 Å². The third-order valence-corrected chi connectivity index (χ3v) is 5.93. The third-order valence-electron chi connectivity index (χ3n) is 5.34. The molecule has 0 saturated heterocycles. The highest BCUT2D eigenvalue weighted by molar-refractivity contribution is 7.07. The van der Waals surface area contributed by atoms with Gasteiger partial charge in [-0.3, -0.25) is 9.89 Å². The molecule has 1 saturated carbocycles. The van der Waals surface area contributed by atoms with E-state index >= 15 is 0 Å². The molecule has 7 heteroatoms. The van der Waals surface area contributed by atoms with Gasteiger partial charge in [-0.25, -0.2) is 4.98 Å². The van der Waals surface area contributed by atoms with Gasteiger partial charge in [-0.05, 0) is 25.0 Å². The summed E-state index contributed by atoms with van der Waals surface area (Å²) in [7, 11) is 4.04. The average molecular weight is 396 g/mol. The van der Waals surface area contributed by atoms with Crippen LogP contribution in [0.1, 0.15) is 42.6 Å². The van der Waals surface area contributed by atoms with Crippen LogP contribution < -0.4 is 9.80 Å². The van der Waals surface area contributed by atoms with Gasteiger partial charge in [-0.15, -0.1) is 11.3 Å². The van der Waals surface area contributed by atoms with E-state index in [1.807, 2.05) is 30.4 Å². The number of aromatic amines is 1. The van der Waals surface area contributed by atoms with E-state index in [-0.39, 0.29) is 11.9 Å². The second-order valence-electron chi connectivity index (χ2n) is 7.42. The average Bonchev–Trinajstić information content (AvgIpc) is 3.41. The monoisotopic (exact) mass is 395 g/mol. The molecule has 0 atom stereocenters. The lowest BCUT2D eigenvalue weighted by Gasteiger charge is -2.33. The number of thiazole rings is 1. The summed E-state index contributed by atoms with van der Waals surface area (Å²) in [6.45, 7) is 0. The van der Waals surface area contributed by atoms with E-state index in [0.717, 1.165) is 48.3 Å². The molecule has 2 aromatic heterocycles. The first kappa shape index (κ1) is 18.7. The smallest absolute Gasteiger partial charge is 0.278 e. The molecule has 0 aliphatic heterocycles. The Morgan fingerprint density at radius 3 is 2.75 bits per heavy atom. The van der Waals surface area contributed by atoms with Gasteiger partial charge in [0.15, 0.2) is 0 Å². The van der Waals surface area contributed by atoms with Crippen molar-refractivity contribution in [2.75, 3.05) is 23.9 Å². The third kappa shape index (κ3) is 3.67. The normalized spacial score (nSPS) is 14.8. The summed E-state index contributed by atoms with van der Waals surface area (Å²) in [4.78, 5) is 21.6. The second kappa shape index (κ2) is 8.14. The highest BCUT2D eigenvalue weighted by atomic mass is 32.1. The Hall–Kier alpha value is -2.67. The Morgan fingerprint density at radius 1 is 1.21 bits per heavy atom. The minimum atomic E-state index is -0.0421. The first-order chi connectivity index (χ1) is 13.6. The van der Waals surface area contributed by atoms with Crippen molar-refractivity contribution >= 4 is 28.6 Å². The Kier molecular flexibility index (Phi) is 5.43. The number of benzene rings is 1. The van der Waals surface area contributed by atoms with Crippen molar-refractivity contribution in [3.05, 3.63) is 47.0 Å². The number of rotatable bonds is 5. The molecule has 1 amide bonds. The number of hydrogen-bond donors (Lipinski definition) is 1. The highest BCUT2D eigenvalue weighted by Gasteiger charge is 2.31. The molecule has 0 radical (unpaired) electrons. The van der Waals surface area contributed by atoms with E-state index in [1.165, 1.54) is 17.8 Å². The molecule has 146 valence electrons. The fourth-order valence-corrected chi connectivity index (χ4v) is 4.39. The molecular weight excluding hydrogens is 370 g/mol. The summed E-state index contributed by atoms with van der Waals surface area (Å²) in [5, 5.41) is 9.25. The quantitative estimate of drug-likeness (QED) is 0.687. The van der Waals surface area contributed by atoms with Crippen LogP contribution in [0.3, 0.4) is 0 Å². The van der Waals surface area contributed by atoms with Gasteiger partial charge < -0.3 is 9.80 Å². The van der Waals surface area contributed by atoms with E-state index in [1.54, 1.807) is 11.7 Å². The number of nitrogens with one attached hydrogen (secondary N) is 1. The zero-order chi connectivity index (χ0) is 19.5. The first-order valence-corrected chi connectivity index (χ1v) is 10.6. The van der Waals surface area contributed by atoms with Crippen LogP contribution in [0.5, 0.6) is 0 Å². The van der Waals surface area contributed by atoms with Crippen molar-refractivity contribution in [1.82, 2.24) is 15.2 Å². The molecule has 6 nitrogen and oxygen atoms in total. The maximum absolute atomic E-state index is 13.4. The van der Waals surface area contributed by atoms with Crippen LogP contribution in [0.25, 0.3) is 11.3 Å². The van der Waals surface area contributed by atoms with Gasteiger partial charge in [0.05, 0.1) is 23.1 Å². The second-order valence-corrected chi connectivity index (χ2v) is 8.13. The number of aromatic nitrogens is 3. The number of carbonyl (C=O) groups excluding carboxylic acids is 1. The van der Waals surface area contributed by atoms with E-state index < -0.39 is 0 Å². The molecule has 0 spiro atoms. The molecule has 3 aromatic rings. The highest BCUT2D eigenvalue weighted by Crippen LogP contribution is 2.35. The summed E-state index contributed by atoms with van der Waals surface area (Å²) >= 11 is 1.45. The van der Waals surface area contributed by atoms with Gasteiger partial charge in [-0.1, -0.05) is 31.4 Å². The van der Waals surface area contributed by atoms with Crippen molar-refractivity contribution in [1.29, 1.82) is 0 Å². The minimum Gasteiger partial charge on any atom is -0.378 e. The molecule has 1 aliphatic rings. The van der Waals surface area contributed by atoms with Crippen LogP contribution in [-0.4, -0.2) is 41.2 Å². The maximum Gasteiger partial charge on any atom is 0.278 e. The van der Waals surface area contributed by atoms with Crippen LogP contribution in [0, 0.1) is 0 Å². The molecule has 0 unspecified atom stereocenters. The van der Waals surface area contributed by atoms with Gasteiger partial charge >= 0.3 is 0 Å². The summed E-state index contributed by atoms with van der Waals surface area (Å²) in [6.07, 6.45) is 7.33. The Balaban J connectivity index is 1.76. The summed E-state index contributed by atoms with van der Waals surface area (Å²) in [6, 6.07) is 8.44. The number of nitrogens with zero attached hydrogens (tertiary/aromatic N) is 4. The number of amides is 1. The van der Waals surface area contributed by atoms with Gasteiger partial charge in [-0.2, -0.15) is 5.10 Å². The summed E-state index contributed by atoms with van der Waals surface area (Å²) in [5.41, 5.74) is 6.05. The molecule has 1 aliphatic carbocycles. The van der Waals surface area contributed by atoms with E-state index in [9.17, 15) is 4.79 Å². The minimum absolute atomic E-state index is 0.0421. The lowest BCUT2D eigenvalue weighted by Crippen LogP contribution is -2.42. The Labute approximate surface area is 169 Å². The Bertz CT molecular complexity index is 928. The molecule has 4 rings (SSSR count). The standard InChI is InChI=1S/C21H25N5OS/c1-25(2)17-10-6-7-15(11-17)20-19(12-23-24-20)26(16-8-4-3-5-9-16)21(27)18-13-28-14-22-18/h6-7,10-14,16H,3-5,8-9H2,1-2H3,(H,23,24). The van der Waals surface area contributed by atoms with Gasteiger partial charge in [0.1, 0.15) is 5.69 Å². The molecule has 1 N–H and O–H groups in total. The van der Waals surface area contributed by atoms with Crippen molar-refractivity contribution in [3.63, 3.8) is 0 Å². The molecule has 0 bridgehead atoms. The van der Waals surface area contributed by atoms with Crippen LogP contribution in [0.4, 0.5) is 11.4 Å². The maximum atomic E-state index is 13.4. The van der Waals surface area contributed by atoms with Gasteiger partial charge in [0, 0.05) is 36.8 Å². The molecule has 2 heterocycles. The number of carbonyl (C=O) groups is 1. The van der Waals surface area contributed by atoms with E-state index in [0.29, 0.717) is 5.69 Å². The van der Waals surface area contributed by atoms with Crippen LogP contribution in [0.15, 0.2) is 41.4 Å². The summed E-state index contributed by atoms with van der Waals surface area (Å²) < 4.78 is 0. The number of hydrogen-bond acceptors (Lipinski definition) is 5. The van der Waals surface area contributed by atoms with Gasteiger partial charge in [0.2, 0.25) is 0 Å².